The summed E-state index contributed by atoms with van der Waals surface area (Å²) < 4.78 is 11.3. The molecule has 6 nitrogen and oxygen atoms in total. The molecule has 0 saturated carbocycles. The van der Waals surface area contributed by atoms with Gasteiger partial charge in [-0.3, -0.25) is 4.79 Å². The molecule has 0 aliphatic carbocycles. The number of epoxide rings is 1. The summed E-state index contributed by atoms with van der Waals surface area (Å²) in [5.41, 5.74) is 0.811. The van der Waals surface area contributed by atoms with Crippen LogP contribution in [-0.2, 0) is 14.3 Å². The minimum absolute atomic E-state index is 0.00305. The lowest BCUT2D eigenvalue weighted by atomic mass is 9.85. The van der Waals surface area contributed by atoms with Crippen molar-refractivity contribution in [3.63, 3.8) is 0 Å². The van der Waals surface area contributed by atoms with Crippen LogP contribution in [0.5, 0.6) is 0 Å². The van der Waals surface area contributed by atoms with Crippen LogP contribution in [0.25, 0.3) is 0 Å². The van der Waals surface area contributed by atoms with E-state index in [2.05, 4.69) is 0 Å². The number of allylic oxidation sites excluding steroid dienone is 1. The summed E-state index contributed by atoms with van der Waals surface area (Å²) in [5.74, 6) is -0.136. The number of carbonyl (C=O) groups excluding carboxylic acids is 1. The van der Waals surface area contributed by atoms with Crippen molar-refractivity contribution < 1.29 is 29.6 Å². The summed E-state index contributed by atoms with van der Waals surface area (Å²) in [7, 11) is 0. The van der Waals surface area contributed by atoms with Gasteiger partial charge < -0.3 is 24.8 Å². The number of hydrogen-bond acceptors (Lipinski definition) is 6. The van der Waals surface area contributed by atoms with Gasteiger partial charge in [0.2, 0.25) is 0 Å². The maximum Gasteiger partial charge on any atom is 0.142 e. The van der Waals surface area contributed by atoms with Crippen molar-refractivity contribution in [2.45, 2.75) is 70.2 Å². The van der Waals surface area contributed by atoms with Crippen LogP contribution in [0.2, 0.25) is 0 Å². The first kappa shape index (κ1) is 18.5. The van der Waals surface area contributed by atoms with Crippen molar-refractivity contribution in [2.24, 2.45) is 11.8 Å². The molecule has 0 aromatic heterocycles. The van der Waals surface area contributed by atoms with Crippen LogP contribution >= 0.6 is 0 Å². The largest absolute Gasteiger partial charge is 0.393 e. The number of carbonyl (C=O) groups is 1. The zero-order valence-corrected chi connectivity index (χ0v) is 14.0. The highest BCUT2D eigenvalue weighted by Gasteiger charge is 2.48. The molecule has 0 bridgehead atoms. The minimum Gasteiger partial charge on any atom is -0.393 e. The predicted octanol–water partition coefficient (Wildman–Crippen LogP) is 0.433. The van der Waals surface area contributed by atoms with Gasteiger partial charge in [-0.1, -0.05) is 12.5 Å². The van der Waals surface area contributed by atoms with E-state index >= 15 is 0 Å². The number of aliphatic hydroxyl groups excluding tert-OH is 3. The SMILES string of the molecule is CC(=CC=O)C[C@@H]1OC[C@H](C[C@@H]2O[C@H]2[C@@H](C)[C@H](C)O)[C@@H](O)[C@H]1O. The highest BCUT2D eigenvalue weighted by atomic mass is 16.6. The molecular formula is C17H28O6. The summed E-state index contributed by atoms with van der Waals surface area (Å²) >= 11 is 0. The highest BCUT2D eigenvalue weighted by molar-refractivity contribution is 5.65. The molecule has 2 aliphatic rings. The standard InChI is InChI=1S/C17H28O6/c1-9(4-5-18)6-13-16(21)15(20)12(8-22-13)7-14-17(23-14)10(2)11(3)19/h4-5,10-17,19-21H,6-8H2,1-3H3/t10-,11-,12-,13-,14-,15+,16-,17-/m0/s1. The van der Waals surface area contributed by atoms with Crippen LogP contribution in [0, 0.1) is 11.8 Å². The van der Waals surface area contributed by atoms with E-state index in [0.717, 1.165) is 5.57 Å². The maximum atomic E-state index is 10.5. The number of aldehydes is 1. The molecule has 0 amide bonds. The second kappa shape index (κ2) is 7.85. The van der Waals surface area contributed by atoms with Crippen molar-refractivity contribution in [2.75, 3.05) is 6.61 Å². The van der Waals surface area contributed by atoms with Gasteiger partial charge in [0, 0.05) is 11.8 Å². The van der Waals surface area contributed by atoms with Gasteiger partial charge in [-0.15, -0.1) is 0 Å². The van der Waals surface area contributed by atoms with E-state index in [4.69, 9.17) is 9.47 Å². The number of aliphatic hydroxyl groups is 3. The molecule has 23 heavy (non-hydrogen) atoms. The van der Waals surface area contributed by atoms with Gasteiger partial charge in [0.1, 0.15) is 12.4 Å². The third-order valence-electron chi connectivity index (χ3n) is 5.05. The molecule has 2 aliphatic heterocycles. The molecule has 8 atom stereocenters. The molecule has 2 saturated heterocycles. The van der Waals surface area contributed by atoms with Crippen LogP contribution in [0.3, 0.4) is 0 Å². The quantitative estimate of drug-likeness (QED) is 0.356. The first-order chi connectivity index (χ1) is 10.8. The molecule has 3 N–H and O–H groups in total. The van der Waals surface area contributed by atoms with Gasteiger partial charge >= 0.3 is 0 Å². The first-order valence-corrected chi connectivity index (χ1v) is 8.27. The lowest BCUT2D eigenvalue weighted by Gasteiger charge is -2.37. The topological polar surface area (TPSA) is 99.5 Å². The molecule has 2 fully saturated rings. The predicted molar refractivity (Wildman–Crippen MR) is 83.8 cm³/mol. The third kappa shape index (κ3) is 4.61. The molecule has 0 spiro atoms. The molecule has 0 radical (unpaired) electrons. The molecule has 0 aromatic carbocycles. The first-order valence-electron chi connectivity index (χ1n) is 8.27. The van der Waals surface area contributed by atoms with Crippen LogP contribution in [0.4, 0.5) is 0 Å². The molecule has 0 aromatic rings. The molecule has 0 unspecified atom stereocenters. The Balaban J connectivity index is 1.84. The number of ether oxygens (including phenoxy) is 2. The smallest absolute Gasteiger partial charge is 0.142 e. The Bertz CT molecular complexity index is 435. The molecule has 6 heteroatoms. The Hall–Kier alpha value is -0.790. The van der Waals surface area contributed by atoms with Gasteiger partial charge in [0.15, 0.2) is 0 Å². The normalized spacial score (nSPS) is 40.5. The lowest BCUT2D eigenvalue weighted by Crippen LogP contribution is -2.50. The summed E-state index contributed by atoms with van der Waals surface area (Å²) in [6.07, 6.45) is 0.413. The average molecular weight is 328 g/mol. The second-order valence-corrected chi connectivity index (χ2v) is 6.94. The van der Waals surface area contributed by atoms with E-state index in [-0.39, 0.29) is 24.0 Å². The zero-order chi connectivity index (χ0) is 17.1. The highest BCUT2D eigenvalue weighted by Crippen LogP contribution is 2.38. The number of rotatable bonds is 7. The van der Waals surface area contributed by atoms with Crippen LogP contribution in [-0.4, -0.2) is 64.8 Å². The molecular weight excluding hydrogens is 300 g/mol. The summed E-state index contributed by atoms with van der Waals surface area (Å²) in [5, 5.41) is 30.2. The average Bonchev–Trinajstić information content (AvgIpc) is 3.25. The summed E-state index contributed by atoms with van der Waals surface area (Å²) in [4.78, 5) is 10.5. The fourth-order valence-corrected chi connectivity index (χ4v) is 3.21. The van der Waals surface area contributed by atoms with Gasteiger partial charge in [-0.25, -0.2) is 0 Å². The molecule has 2 heterocycles. The van der Waals surface area contributed by atoms with E-state index in [0.29, 0.717) is 25.7 Å². The fraction of sp³-hybridized carbons (Fsp3) is 0.824. The van der Waals surface area contributed by atoms with Gasteiger partial charge in [-0.05, 0) is 32.8 Å². The van der Waals surface area contributed by atoms with Crippen molar-refractivity contribution in [1.29, 1.82) is 0 Å². The van der Waals surface area contributed by atoms with Gasteiger partial charge in [0.25, 0.3) is 0 Å². The Kier molecular flexibility index (Phi) is 6.33. The summed E-state index contributed by atoms with van der Waals surface area (Å²) in [6, 6.07) is 0. The van der Waals surface area contributed by atoms with Gasteiger partial charge in [-0.2, -0.15) is 0 Å². The monoisotopic (exact) mass is 328 g/mol. The Labute approximate surface area is 137 Å². The van der Waals surface area contributed by atoms with Crippen LogP contribution in [0.15, 0.2) is 11.6 Å². The van der Waals surface area contributed by atoms with Crippen molar-refractivity contribution in [1.82, 2.24) is 0 Å². The van der Waals surface area contributed by atoms with E-state index in [9.17, 15) is 20.1 Å². The Morgan fingerprint density at radius 3 is 2.57 bits per heavy atom. The molecule has 2 rings (SSSR count). The summed E-state index contributed by atoms with van der Waals surface area (Å²) in [6.45, 7) is 5.83. The van der Waals surface area contributed by atoms with Crippen molar-refractivity contribution in [3.05, 3.63) is 11.6 Å². The Morgan fingerprint density at radius 2 is 1.96 bits per heavy atom. The lowest BCUT2D eigenvalue weighted by molar-refractivity contribution is -0.165. The van der Waals surface area contributed by atoms with E-state index in [1.54, 1.807) is 13.8 Å². The zero-order valence-electron chi connectivity index (χ0n) is 14.0. The van der Waals surface area contributed by atoms with Crippen LogP contribution < -0.4 is 0 Å². The fourth-order valence-electron chi connectivity index (χ4n) is 3.21. The minimum atomic E-state index is -0.977. The van der Waals surface area contributed by atoms with Crippen molar-refractivity contribution in [3.8, 4) is 0 Å². The maximum absolute atomic E-state index is 10.5. The van der Waals surface area contributed by atoms with Crippen LogP contribution in [0.1, 0.15) is 33.6 Å². The van der Waals surface area contributed by atoms with E-state index < -0.39 is 24.4 Å². The molecule has 132 valence electrons. The number of hydrogen-bond donors (Lipinski definition) is 3. The van der Waals surface area contributed by atoms with Gasteiger partial charge in [0.05, 0.1) is 37.1 Å². The van der Waals surface area contributed by atoms with E-state index in [1.165, 1.54) is 6.08 Å². The third-order valence-corrected chi connectivity index (χ3v) is 5.05. The second-order valence-electron chi connectivity index (χ2n) is 6.94. The van der Waals surface area contributed by atoms with E-state index in [1.807, 2.05) is 6.92 Å². The van der Waals surface area contributed by atoms with Crippen molar-refractivity contribution >= 4 is 6.29 Å². The Morgan fingerprint density at radius 1 is 1.26 bits per heavy atom.